The predicted molar refractivity (Wildman–Crippen MR) is 62.0 cm³/mol. The summed E-state index contributed by atoms with van der Waals surface area (Å²) in [5, 5.41) is 16.0. The van der Waals surface area contributed by atoms with Crippen LogP contribution in [-0.2, 0) is 19.2 Å². The summed E-state index contributed by atoms with van der Waals surface area (Å²) < 4.78 is 78.4. The molecule has 0 atom stereocenters. The minimum atomic E-state index is -3.87. The predicted octanol–water partition coefficient (Wildman–Crippen LogP) is 1.31. The van der Waals surface area contributed by atoms with Gasteiger partial charge in [0, 0.05) is 0 Å². The summed E-state index contributed by atoms with van der Waals surface area (Å²) >= 11 is 0. The highest BCUT2D eigenvalue weighted by Gasteiger charge is 2.31. The van der Waals surface area contributed by atoms with Gasteiger partial charge in [-0.3, -0.25) is 4.74 Å². The van der Waals surface area contributed by atoms with Crippen molar-refractivity contribution in [1.82, 2.24) is 0 Å². The Bertz CT molecular complexity index is 175. The van der Waals surface area contributed by atoms with E-state index in [0.717, 1.165) is 0 Å². The maximum Gasteiger partial charge on any atom is 0.384 e. The van der Waals surface area contributed by atoms with Crippen LogP contribution >= 0.6 is 0 Å². The zero-order valence-electron chi connectivity index (χ0n) is 11.7. The minimum Gasteiger partial charge on any atom is -0.394 e. The molecule has 12 heteroatoms. The third-order valence-electron chi connectivity index (χ3n) is 1.26. The number of halogens is 6. The van der Waals surface area contributed by atoms with E-state index in [1.54, 1.807) is 0 Å². The lowest BCUT2D eigenvalue weighted by Crippen LogP contribution is -2.25. The van der Waals surface area contributed by atoms with Crippen molar-refractivity contribution in [3.63, 3.8) is 0 Å². The summed E-state index contributed by atoms with van der Waals surface area (Å²) in [6.07, 6.45) is -3.87. The van der Waals surface area contributed by atoms with Crippen LogP contribution < -0.4 is 0 Å². The Morgan fingerprint density at radius 1 is 0.818 bits per heavy atom. The summed E-state index contributed by atoms with van der Waals surface area (Å²) in [6, 6.07) is 0. The molecule has 0 aliphatic rings. The second-order valence-corrected chi connectivity index (χ2v) is 2.91. The SMILES string of the molecule is FCOC(F)(F)COF.OCCOCCF.OCCOCF. The smallest absolute Gasteiger partial charge is 0.384 e. The van der Waals surface area contributed by atoms with Crippen LogP contribution in [0.4, 0.5) is 26.5 Å². The van der Waals surface area contributed by atoms with Crippen molar-refractivity contribution in [2.75, 3.05) is 60.0 Å². The van der Waals surface area contributed by atoms with Crippen LogP contribution in [0.1, 0.15) is 0 Å². The topological polar surface area (TPSA) is 77.4 Å². The molecule has 0 radical (unpaired) electrons. The van der Waals surface area contributed by atoms with Gasteiger partial charge >= 0.3 is 6.11 Å². The molecule has 0 amide bonds. The molecule has 0 heterocycles. The highest BCUT2D eigenvalue weighted by atomic mass is 19.3. The zero-order chi connectivity index (χ0) is 17.7. The normalized spacial score (nSPS) is 10.4. The van der Waals surface area contributed by atoms with Crippen LogP contribution in [0, 0.1) is 0 Å². The molecule has 0 aromatic heterocycles. The van der Waals surface area contributed by atoms with E-state index >= 15 is 0 Å². The number of rotatable bonds is 11. The Kier molecular flexibility index (Phi) is 27.0. The number of aliphatic hydroxyl groups is 2. The van der Waals surface area contributed by atoms with E-state index in [-0.39, 0.29) is 33.0 Å². The average Bonchev–Trinajstić information content (AvgIpc) is 2.47. The van der Waals surface area contributed by atoms with E-state index in [1.807, 2.05) is 0 Å². The molecule has 0 aliphatic heterocycles. The zero-order valence-corrected chi connectivity index (χ0v) is 11.7. The molecule has 0 aliphatic carbocycles. The largest absolute Gasteiger partial charge is 0.394 e. The number of ether oxygens (including phenoxy) is 3. The van der Waals surface area contributed by atoms with Crippen LogP contribution in [0.25, 0.3) is 0 Å². The molecule has 138 valence electrons. The molecule has 0 aromatic rings. The summed E-state index contributed by atoms with van der Waals surface area (Å²) in [4.78, 5) is 2.52. The Balaban J connectivity index is -0.000000252. The van der Waals surface area contributed by atoms with Crippen molar-refractivity contribution in [3.8, 4) is 0 Å². The number of alkyl halides is 5. The molecule has 6 nitrogen and oxygen atoms in total. The van der Waals surface area contributed by atoms with E-state index in [2.05, 4.69) is 19.2 Å². The molecular formula is C10H20F6O6. The molecular weight excluding hydrogens is 330 g/mol. The van der Waals surface area contributed by atoms with Crippen molar-refractivity contribution in [2.24, 2.45) is 0 Å². The Morgan fingerprint density at radius 3 is 1.68 bits per heavy atom. The highest BCUT2D eigenvalue weighted by molar-refractivity contribution is 4.45. The van der Waals surface area contributed by atoms with E-state index in [4.69, 9.17) is 10.2 Å². The molecule has 0 spiro atoms. The number of hydrogen-bond donors (Lipinski definition) is 2. The van der Waals surface area contributed by atoms with E-state index in [1.165, 1.54) is 0 Å². The summed E-state index contributed by atoms with van der Waals surface area (Å²) in [7, 11) is 0. The quantitative estimate of drug-likeness (QED) is 0.432. The highest BCUT2D eigenvalue weighted by Crippen LogP contribution is 2.15. The Morgan fingerprint density at radius 2 is 1.36 bits per heavy atom. The van der Waals surface area contributed by atoms with E-state index in [9.17, 15) is 26.5 Å². The first kappa shape index (κ1) is 26.2. The maximum atomic E-state index is 11.6. The first-order chi connectivity index (χ1) is 10.4. The Hall–Kier alpha value is -0.660. The maximum absolute atomic E-state index is 11.6. The molecule has 0 saturated carbocycles. The molecule has 2 N–H and O–H groups in total. The minimum absolute atomic E-state index is 0.0278. The lowest BCUT2D eigenvalue weighted by molar-refractivity contribution is -0.312. The first-order valence-corrected chi connectivity index (χ1v) is 5.76. The molecule has 22 heavy (non-hydrogen) atoms. The van der Waals surface area contributed by atoms with Crippen molar-refractivity contribution < 1.29 is 55.8 Å². The van der Waals surface area contributed by atoms with Gasteiger partial charge in [-0.05, 0) is 4.53 Å². The van der Waals surface area contributed by atoms with Crippen molar-refractivity contribution in [2.45, 2.75) is 6.11 Å². The number of aliphatic hydroxyl groups excluding tert-OH is 2. The fourth-order valence-corrected chi connectivity index (χ4v) is 0.525. The van der Waals surface area contributed by atoms with Gasteiger partial charge in [-0.2, -0.15) is 13.7 Å². The average molecular weight is 350 g/mol. The van der Waals surface area contributed by atoms with Crippen LogP contribution in [-0.4, -0.2) is 76.4 Å². The third kappa shape index (κ3) is 31.6. The summed E-state index contributed by atoms with van der Waals surface area (Å²) in [5.41, 5.74) is 0. The van der Waals surface area contributed by atoms with Crippen molar-refractivity contribution in [1.29, 1.82) is 0 Å². The van der Waals surface area contributed by atoms with Gasteiger partial charge in [-0.1, -0.05) is 0 Å². The van der Waals surface area contributed by atoms with Gasteiger partial charge in [0.25, 0.3) is 0 Å². The lowest BCUT2D eigenvalue weighted by atomic mass is 10.7. The van der Waals surface area contributed by atoms with Gasteiger partial charge in [-0.15, -0.1) is 0 Å². The van der Waals surface area contributed by atoms with Gasteiger partial charge in [0.15, 0.2) is 20.3 Å². The summed E-state index contributed by atoms with van der Waals surface area (Å²) in [6.45, 7) is -4.24. The van der Waals surface area contributed by atoms with Crippen LogP contribution in [0.5, 0.6) is 0 Å². The number of hydrogen-bond acceptors (Lipinski definition) is 6. The van der Waals surface area contributed by atoms with Crippen LogP contribution in [0.3, 0.4) is 0 Å². The van der Waals surface area contributed by atoms with Gasteiger partial charge in [0.1, 0.15) is 6.67 Å². The monoisotopic (exact) mass is 350 g/mol. The van der Waals surface area contributed by atoms with Gasteiger partial charge in [0.05, 0.1) is 33.0 Å². The van der Waals surface area contributed by atoms with Gasteiger partial charge in [0.2, 0.25) is 0 Å². The van der Waals surface area contributed by atoms with Crippen LogP contribution in [0.2, 0.25) is 0 Å². The molecule has 0 aromatic carbocycles. The second-order valence-electron chi connectivity index (χ2n) is 2.91. The van der Waals surface area contributed by atoms with Crippen molar-refractivity contribution in [3.05, 3.63) is 0 Å². The molecule has 0 rings (SSSR count). The molecule has 0 unspecified atom stereocenters. The summed E-state index contributed by atoms with van der Waals surface area (Å²) in [5.74, 6) is 0. The lowest BCUT2D eigenvalue weighted by Gasteiger charge is -2.10. The van der Waals surface area contributed by atoms with Crippen molar-refractivity contribution >= 4 is 0 Å². The molecule has 0 fully saturated rings. The first-order valence-electron chi connectivity index (χ1n) is 5.76. The van der Waals surface area contributed by atoms with Crippen LogP contribution in [0.15, 0.2) is 0 Å². The van der Waals surface area contributed by atoms with Gasteiger partial charge in [-0.25, -0.2) is 13.2 Å². The molecule has 0 saturated heterocycles. The fraction of sp³-hybridized carbons (Fsp3) is 1.00. The Labute approximate surface area is 123 Å². The third-order valence-corrected chi connectivity index (χ3v) is 1.26. The van der Waals surface area contributed by atoms with E-state index < -0.39 is 33.1 Å². The fourth-order valence-electron chi connectivity index (χ4n) is 0.525. The van der Waals surface area contributed by atoms with E-state index in [0.29, 0.717) is 0 Å². The molecule has 0 bridgehead atoms. The second kappa shape index (κ2) is 22.6. The standard InChI is InChI=1S/C4H9FO2.C3H4F4O2.C3H7FO2/c5-1-3-7-4-2-6;4-2-8-3(5,6)1-9-7;4-3-6-2-1-5/h6H,1-4H2;1-2H2;5H,1-3H2. The van der Waals surface area contributed by atoms with Gasteiger partial charge < -0.3 is 19.7 Å².